The first-order chi connectivity index (χ1) is 13.0. The van der Waals surface area contributed by atoms with Gasteiger partial charge in [0.25, 0.3) is 5.91 Å². The molecular formula is C20H30N4O3. The van der Waals surface area contributed by atoms with Crippen molar-refractivity contribution in [2.24, 2.45) is 5.73 Å². The smallest absolute Gasteiger partial charge is 0.268 e. The number of primary amides is 1. The van der Waals surface area contributed by atoms with E-state index in [0.29, 0.717) is 19.6 Å². The van der Waals surface area contributed by atoms with Crippen molar-refractivity contribution in [1.29, 1.82) is 0 Å². The van der Waals surface area contributed by atoms with Crippen molar-refractivity contribution in [2.75, 3.05) is 27.2 Å². The number of benzene rings is 1. The number of ether oxygens (including phenoxy) is 1. The fourth-order valence-electron chi connectivity index (χ4n) is 2.86. The zero-order valence-electron chi connectivity index (χ0n) is 16.2. The number of rotatable bonds is 12. The number of aliphatic hydroxyl groups is 1. The van der Waals surface area contributed by atoms with Crippen LogP contribution in [0.3, 0.4) is 0 Å². The fourth-order valence-corrected chi connectivity index (χ4v) is 2.86. The summed E-state index contributed by atoms with van der Waals surface area (Å²) in [7, 11) is 4.11. The Kier molecular flexibility index (Phi) is 8.29. The zero-order chi connectivity index (χ0) is 19.6. The highest BCUT2D eigenvalue weighted by atomic mass is 16.5. The van der Waals surface area contributed by atoms with Crippen molar-refractivity contribution >= 4 is 5.91 Å². The molecule has 0 aliphatic carbocycles. The van der Waals surface area contributed by atoms with E-state index in [1.807, 2.05) is 18.2 Å². The molecule has 1 heterocycles. The summed E-state index contributed by atoms with van der Waals surface area (Å²) in [6.45, 7) is 2.09. The molecule has 0 fully saturated rings. The third-order valence-electron chi connectivity index (χ3n) is 4.27. The van der Waals surface area contributed by atoms with E-state index in [1.54, 1.807) is 10.8 Å². The molecule has 0 saturated heterocycles. The van der Waals surface area contributed by atoms with Gasteiger partial charge in [0, 0.05) is 19.3 Å². The zero-order valence-corrected chi connectivity index (χ0v) is 16.2. The standard InChI is InChI=1S/C20H30N4O3/c1-23(2)11-6-12-27-19-10-4-3-7-16(19)8-5-9-17(25)13-24-14-18(20(21)26)22-15-24/h3-4,7,10,14-15,17,25H,5-6,8-9,11-13H2,1-2H3,(H2,21,26). The fraction of sp³-hybridized carbons (Fsp3) is 0.500. The van der Waals surface area contributed by atoms with Gasteiger partial charge in [-0.15, -0.1) is 0 Å². The minimum atomic E-state index is -0.564. The van der Waals surface area contributed by atoms with Gasteiger partial charge in [0.05, 0.1) is 19.0 Å². The summed E-state index contributed by atoms with van der Waals surface area (Å²) in [6.07, 6.45) is 5.89. The molecule has 0 bridgehead atoms. The highest BCUT2D eigenvalue weighted by Crippen LogP contribution is 2.21. The molecule has 1 aromatic carbocycles. The summed E-state index contributed by atoms with van der Waals surface area (Å²) in [5.74, 6) is 0.358. The predicted molar refractivity (Wildman–Crippen MR) is 105 cm³/mol. The number of hydrogen-bond donors (Lipinski definition) is 2. The van der Waals surface area contributed by atoms with Crippen LogP contribution >= 0.6 is 0 Å². The molecule has 2 rings (SSSR count). The number of aryl methyl sites for hydroxylation is 1. The topological polar surface area (TPSA) is 93.6 Å². The van der Waals surface area contributed by atoms with Gasteiger partial charge in [-0.3, -0.25) is 4.79 Å². The van der Waals surface area contributed by atoms with Crippen LogP contribution in [0.25, 0.3) is 0 Å². The van der Waals surface area contributed by atoms with Crippen molar-refractivity contribution < 1.29 is 14.6 Å². The molecule has 0 saturated carbocycles. The Balaban J connectivity index is 1.76. The number of carbonyl (C=O) groups excluding carboxylic acids is 1. The molecule has 1 aromatic heterocycles. The van der Waals surface area contributed by atoms with Crippen LogP contribution in [-0.4, -0.2) is 58.8 Å². The Morgan fingerprint density at radius 1 is 1.33 bits per heavy atom. The number of aromatic nitrogens is 2. The first kappa shape index (κ1) is 20.9. The number of aliphatic hydroxyl groups excluding tert-OH is 1. The van der Waals surface area contributed by atoms with Crippen molar-refractivity contribution in [3.05, 3.63) is 48.0 Å². The second kappa shape index (κ2) is 10.7. The van der Waals surface area contributed by atoms with Gasteiger partial charge in [-0.25, -0.2) is 4.98 Å². The van der Waals surface area contributed by atoms with E-state index >= 15 is 0 Å². The number of para-hydroxylation sites is 1. The Bertz CT molecular complexity index is 715. The van der Waals surface area contributed by atoms with Crippen molar-refractivity contribution in [1.82, 2.24) is 14.5 Å². The lowest BCUT2D eigenvalue weighted by atomic mass is 10.0. The minimum Gasteiger partial charge on any atom is -0.493 e. The monoisotopic (exact) mass is 374 g/mol. The third-order valence-corrected chi connectivity index (χ3v) is 4.27. The van der Waals surface area contributed by atoms with Crippen LogP contribution in [0, 0.1) is 0 Å². The molecule has 3 N–H and O–H groups in total. The first-order valence-corrected chi connectivity index (χ1v) is 9.30. The molecule has 148 valence electrons. The quantitative estimate of drug-likeness (QED) is 0.552. The number of nitrogens with zero attached hydrogens (tertiary/aromatic N) is 3. The van der Waals surface area contributed by atoms with Crippen LogP contribution in [0.15, 0.2) is 36.8 Å². The molecule has 1 atom stereocenters. The van der Waals surface area contributed by atoms with Crippen LogP contribution in [0.4, 0.5) is 0 Å². The SMILES string of the molecule is CN(C)CCCOc1ccccc1CCCC(O)Cn1cnc(C(N)=O)c1. The van der Waals surface area contributed by atoms with Gasteiger partial charge in [0.1, 0.15) is 11.4 Å². The molecule has 0 spiro atoms. The lowest BCUT2D eigenvalue weighted by Gasteiger charge is -2.14. The van der Waals surface area contributed by atoms with Gasteiger partial charge >= 0.3 is 0 Å². The minimum absolute atomic E-state index is 0.211. The van der Waals surface area contributed by atoms with E-state index in [0.717, 1.165) is 37.1 Å². The molecule has 0 aliphatic rings. The first-order valence-electron chi connectivity index (χ1n) is 9.30. The Hall–Kier alpha value is -2.38. The van der Waals surface area contributed by atoms with Gasteiger partial charge in [0.2, 0.25) is 0 Å². The number of amides is 1. The maximum Gasteiger partial charge on any atom is 0.268 e. The predicted octanol–water partition coefficient (Wildman–Crippen LogP) is 1.70. The van der Waals surface area contributed by atoms with Crippen LogP contribution in [0.1, 0.15) is 35.3 Å². The molecule has 7 nitrogen and oxygen atoms in total. The van der Waals surface area contributed by atoms with E-state index in [2.05, 4.69) is 30.0 Å². The normalized spacial score (nSPS) is 12.3. The molecule has 27 heavy (non-hydrogen) atoms. The summed E-state index contributed by atoms with van der Waals surface area (Å²) in [6, 6.07) is 8.06. The van der Waals surface area contributed by atoms with Crippen LogP contribution in [0.5, 0.6) is 5.75 Å². The second-order valence-corrected chi connectivity index (χ2v) is 6.98. The van der Waals surface area contributed by atoms with Gasteiger partial charge in [0.15, 0.2) is 0 Å². The van der Waals surface area contributed by atoms with Crippen LogP contribution in [-0.2, 0) is 13.0 Å². The van der Waals surface area contributed by atoms with E-state index < -0.39 is 12.0 Å². The number of hydrogen-bond acceptors (Lipinski definition) is 5. The van der Waals surface area contributed by atoms with Crippen molar-refractivity contribution in [3.8, 4) is 5.75 Å². The number of carbonyl (C=O) groups is 1. The molecule has 7 heteroatoms. The maximum absolute atomic E-state index is 11.1. The summed E-state index contributed by atoms with van der Waals surface area (Å²) < 4.78 is 7.61. The van der Waals surface area contributed by atoms with Gasteiger partial charge < -0.3 is 25.0 Å². The summed E-state index contributed by atoms with van der Waals surface area (Å²) >= 11 is 0. The molecule has 1 unspecified atom stereocenters. The average molecular weight is 374 g/mol. The Morgan fingerprint density at radius 2 is 2.11 bits per heavy atom. The van der Waals surface area contributed by atoms with Crippen molar-refractivity contribution in [2.45, 2.75) is 38.3 Å². The number of nitrogens with two attached hydrogens (primary N) is 1. The van der Waals surface area contributed by atoms with Gasteiger partial charge in [-0.2, -0.15) is 0 Å². The summed E-state index contributed by atoms with van der Waals surface area (Å²) in [5.41, 5.74) is 6.55. The highest BCUT2D eigenvalue weighted by Gasteiger charge is 2.10. The lowest BCUT2D eigenvalue weighted by molar-refractivity contribution is 0.0995. The second-order valence-electron chi connectivity index (χ2n) is 6.98. The largest absolute Gasteiger partial charge is 0.493 e. The van der Waals surface area contributed by atoms with E-state index in [4.69, 9.17) is 10.5 Å². The summed E-state index contributed by atoms with van der Waals surface area (Å²) in [5, 5.41) is 10.2. The van der Waals surface area contributed by atoms with E-state index in [-0.39, 0.29) is 5.69 Å². The Labute approximate surface area is 160 Å². The van der Waals surface area contributed by atoms with Crippen molar-refractivity contribution in [3.63, 3.8) is 0 Å². The van der Waals surface area contributed by atoms with Gasteiger partial charge in [-0.1, -0.05) is 18.2 Å². The van der Waals surface area contributed by atoms with E-state index in [1.165, 1.54) is 6.33 Å². The lowest BCUT2D eigenvalue weighted by Crippen LogP contribution is -2.16. The molecule has 0 radical (unpaired) electrons. The molecular weight excluding hydrogens is 344 g/mol. The van der Waals surface area contributed by atoms with E-state index in [9.17, 15) is 9.90 Å². The highest BCUT2D eigenvalue weighted by molar-refractivity contribution is 5.90. The maximum atomic E-state index is 11.1. The molecule has 0 aliphatic heterocycles. The molecule has 1 amide bonds. The third kappa shape index (κ3) is 7.40. The molecule has 2 aromatic rings. The van der Waals surface area contributed by atoms with Crippen LogP contribution in [0.2, 0.25) is 0 Å². The van der Waals surface area contributed by atoms with Crippen LogP contribution < -0.4 is 10.5 Å². The summed E-state index contributed by atoms with van der Waals surface area (Å²) in [4.78, 5) is 17.1. The van der Waals surface area contributed by atoms with Gasteiger partial charge in [-0.05, 0) is 51.4 Å². The average Bonchev–Trinajstić information content (AvgIpc) is 3.08. The number of imidazole rings is 1. The Morgan fingerprint density at radius 3 is 2.81 bits per heavy atom.